The van der Waals surface area contributed by atoms with E-state index < -0.39 is 17.9 Å². The van der Waals surface area contributed by atoms with Crippen LogP contribution in [0.2, 0.25) is 0 Å². The van der Waals surface area contributed by atoms with Gasteiger partial charge < -0.3 is 15.2 Å². The number of carbonyl (C=O) groups is 2. The molecule has 1 unspecified atom stereocenters. The quantitative estimate of drug-likeness (QED) is 0.546. The number of aromatic nitrogens is 1. The van der Waals surface area contributed by atoms with Gasteiger partial charge in [-0.2, -0.15) is 0 Å². The summed E-state index contributed by atoms with van der Waals surface area (Å²) < 4.78 is 5.26. The highest BCUT2D eigenvalue weighted by molar-refractivity contribution is 6.03. The monoisotopic (exact) mass is 358 g/mol. The minimum absolute atomic E-state index is 0.232. The van der Waals surface area contributed by atoms with Crippen molar-refractivity contribution in [3.05, 3.63) is 46.9 Å². The second-order valence-electron chi connectivity index (χ2n) is 6.27. The Bertz CT molecular complexity index is 723. The highest BCUT2D eigenvalue weighted by Crippen LogP contribution is 2.37. The molecule has 1 aromatic rings. The maximum absolute atomic E-state index is 12.7. The number of esters is 1. The fourth-order valence-electron chi connectivity index (χ4n) is 3.29. The predicted octanol–water partition coefficient (Wildman–Crippen LogP) is 3.51. The molecule has 0 saturated heterocycles. The Morgan fingerprint density at radius 2 is 2.04 bits per heavy atom. The van der Waals surface area contributed by atoms with E-state index in [2.05, 4.69) is 17.2 Å². The van der Waals surface area contributed by atoms with Crippen molar-refractivity contribution in [2.45, 2.75) is 46.5 Å². The molecule has 26 heavy (non-hydrogen) atoms. The van der Waals surface area contributed by atoms with Crippen molar-refractivity contribution < 1.29 is 19.4 Å². The van der Waals surface area contributed by atoms with Crippen molar-refractivity contribution in [3.8, 4) is 0 Å². The summed E-state index contributed by atoms with van der Waals surface area (Å²) in [7, 11) is 0. The number of unbranched alkanes of at least 4 members (excludes halogenated alkanes) is 2. The summed E-state index contributed by atoms with van der Waals surface area (Å²) in [5, 5.41) is 12.8. The lowest BCUT2D eigenvalue weighted by Gasteiger charge is -2.30. The van der Waals surface area contributed by atoms with Gasteiger partial charge in [-0.15, -0.1) is 0 Å². The number of pyridine rings is 1. The molecule has 6 heteroatoms. The Morgan fingerprint density at radius 3 is 2.62 bits per heavy atom. The second kappa shape index (κ2) is 9.17. The summed E-state index contributed by atoms with van der Waals surface area (Å²) in [5.41, 5.74) is 2.47. The van der Waals surface area contributed by atoms with Crippen LogP contribution in [0.5, 0.6) is 0 Å². The van der Waals surface area contributed by atoms with Crippen LogP contribution in [-0.4, -0.2) is 28.6 Å². The summed E-state index contributed by atoms with van der Waals surface area (Å²) >= 11 is 0. The zero-order valence-corrected chi connectivity index (χ0v) is 15.5. The predicted molar refractivity (Wildman–Crippen MR) is 98.9 cm³/mol. The van der Waals surface area contributed by atoms with E-state index in [0.29, 0.717) is 23.4 Å². The van der Waals surface area contributed by atoms with Crippen LogP contribution in [0.15, 0.2) is 41.4 Å². The van der Waals surface area contributed by atoms with Gasteiger partial charge in [0.05, 0.1) is 23.5 Å². The highest BCUT2D eigenvalue weighted by atomic mass is 16.5. The second-order valence-corrected chi connectivity index (χ2v) is 6.27. The van der Waals surface area contributed by atoms with Gasteiger partial charge in [-0.05, 0) is 32.4 Å². The number of nitrogens with zero attached hydrogens (tertiary/aromatic N) is 1. The first-order valence-electron chi connectivity index (χ1n) is 9.03. The number of aliphatic carboxylic acids is 1. The topological polar surface area (TPSA) is 88.5 Å². The molecule has 0 bridgehead atoms. The largest absolute Gasteiger partial charge is 0.478 e. The molecule has 140 valence electrons. The van der Waals surface area contributed by atoms with Gasteiger partial charge in [0, 0.05) is 29.6 Å². The molecule has 0 radical (unpaired) electrons. The fraction of sp³-hybridized carbons (Fsp3) is 0.450. The Kier molecular flexibility index (Phi) is 6.95. The van der Waals surface area contributed by atoms with Crippen molar-refractivity contribution in [3.63, 3.8) is 0 Å². The number of rotatable bonds is 8. The molecule has 0 amide bonds. The maximum Gasteiger partial charge on any atom is 0.336 e. The molecule has 6 nitrogen and oxygen atoms in total. The van der Waals surface area contributed by atoms with E-state index in [1.165, 1.54) is 0 Å². The Labute approximate surface area is 154 Å². The first-order chi connectivity index (χ1) is 12.5. The SMILES string of the molecule is CCCCCC1C(C(=O)O)=C(C)NC(c2cccnc2)=C1C(=O)OCC. The zero-order chi connectivity index (χ0) is 19.1. The molecule has 0 fully saturated rings. The van der Waals surface area contributed by atoms with Crippen LogP contribution in [0, 0.1) is 5.92 Å². The van der Waals surface area contributed by atoms with E-state index in [9.17, 15) is 14.7 Å². The van der Waals surface area contributed by atoms with Crippen molar-refractivity contribution in [1.82, 2.24) is 10.3 Å². The number of carboxylic acid groups (broad SMARTS) is 1. The Hall–Kier alpha value is -2.63. The Morgan fingerprint density at radius 1 is 1.27 bits per heavy atom. The van der Waals surface area contributed by atoms with E-state index in [4.69, 9.17) is 4.74 Å². The van der Waals surface area contributed by atoms with Crippen molar-refractivity contribution in [1.29, 1.82) is 0 Å². The third-order valence-corrected chi connectivity index (χ3v) is 4.46. The Balaban J connectivity index is 2.58. The van der Waals surface area contributed by atoms with E-state index in [0.717, 1.165) is 24.8 Å². The molecule has 1 aromatic heterocycles. The van der Waals surface area contributed by atoms with E-state index in [-0.39, 0.29) is 12.2 Å². The van der Waals surface area contributed by atoms with E-state index in [1.54, 1.807) is 32.3 Å². The minimum atomic E-state index is -1.01. The van der Waals surface area contributed by atoms with Crippen LogP contribution in [0.4, 0.5) is 0 Å². The molecule has 2 N–H and O–H groups in total. The number of carbonyl (C=O) groups excluding carboxylic acids is 1. The smallest absolute Gasteiger partial charge is 0.336 e. The summed E-state index contributed by atoms with van der Waals surface area (Å²) in [4.78, 5) is 28.8. The van der Waals surface area contributed by atoms with Crippen molar-refractivity contribution in [2.75, 3.05) is 6.61 Å². The molecule has 0 spiro atoms. The van der Waals surface area contributed by atoms with Crippen LogP contribution >= 0.6 is 0 Å². The maximum atomic E-state index is 12.7. The number of hydrogen-bond acceptors (Lipinski definition) is 5. The number of nitrogens with one attached hydrogen (secondary N) is 1. The molecule has 1 aliphatic rings. The molecular weight excluding hydrogens is 332 g/mol. The normalized spacial score (nSPS) is 17.1. The molecule has 0 aromatic carbocycles. The summed E-state index contributed by atoms with van der Waals surface area (Å²) in [6.45, 7) is 5.79. The van der Waals surface area contributed by atoms with Gasteiger partial charge >= 0.3 is 11.9 Å². The molecule has 2 heterocycles. The van der Waals surface area contributed by atoms with Crippen LogP contribution in [-0.2, 0) is 14.3 Å². The average Bonchev–Trinajstić information content (AvgIpc) is 2.62. The summed E-state index contributed by atoms with van der Waals surface area (Å²) in [6.07, 6.45) is 6.74. The van der Waals surface area contributed by atoms with E-state index in [1.807, 2.05) is 6.07 Å². The van der Waals surface area contributed by atoms with Gasteiger partial charge in [-0.25, -0.2) is 9.59 Å². The van der Waals surface area contributed by atoms with Crippen molar-refractivity contribution in [2.24, 2.45) is 5.92 Å². The lowest BCUT2D eigenvalue weighted by Crippen LogP contribution is -2.33. The molecular formula is C20H26N2O4. The summed E-state index contributed by atoms with van der Waals surface area (Å²) in [6, 6.07) is 3.63. The van der Waals surface area contributed by atoms with Crippen LogP contribution in [0.25, 0.3) is 5.70 Å². The van der Waals surface area contributed by atoms with Crippen molar-refractivity contribution >= 4 is 17.6 Å². The highest BCUT2D eigenvalue weighted by Gasteiger charge is 2.37. The van der Waals surface area contributed by atoms with E-state index >= 15 is 0 Å². The average molecular weight is 358 g/mol. The molecule has 1 aliphatic heterocycles. The lowest BCUT2D eigenvalue weighted by atomic mass is 9.80. The van der Waals surface area contributed by atoms with Gasteiger partial charge in [0.1, 0.15) is 0 Å². The van der Waals surface area contributed by atoms with Crippen LogP contribution < -0.4 is 5.32 Å². The number of carboxylic acids is 1. The lowest BCUT2D eigenvalue weighted by molar-refractivity contribution is -0.139. The fourth-order valence-corrected chi connectivity index (χ4v) is 3.29. The first-order valence-corrected chi connectivity index (χ1v) is 9.03. The third kappa shape index (κ3) is 4.31. The van der Waals surface area contributed by atoms with Gasteiger partial charge in [0.2, 0.25) is 0 Å². The van der Waals surface area contributed by atoms with Crippen LogP contribution in [0.3, 0.4) is 0 Å². The van der Waals surface area contributed by atoms with Gasteiger partial charge in [0.15, 0.2) is 0 Å². The first kappa shape index (κ1) is 19.7. The number of dihydropyridines is 1. The van der Waals surface area contributed by atoms with Gasteiger partial charge in [0.25, 0.3) is 0 Å². The number of ether oxygens (including phenoxy) is 1. The molecule has 1 atom stereocenters. The van der Waals surface area contributed by atoms with Gasteiger partial charge in [-0.1, -0.05) is 26.2 Å². The molecule has 0 saturated carbocycles. The van der Waals surface area contributed by atoms with Crippen LogP contribution in [0.1, 0.15) is 52.0 Å². The molecule has 2 rings (SSSR count). The standard InChI is InChI=1S/C20H26N2O4/c1-4-6-7-10-15-16(19(23)24)13(3)22-18(14-9-8-11-21-12-14)17(15)20(25)26-5-2/h8-9,11-12,15,22H,4-7,10H2,1-3H3,(H,23,24). The van der Waals surface area contributed by atoms with Gasteiger partial charge in [-0.3, -0.25) is 4.98 Å². The number of allylic oxidation sites excluding steroid dienone is 1. The number of hydrogen-bond donors (Lipinski definition) is 2. The zero-order valence-electron chi connectivity index (χ0n) is 15.5. The minimum Gasteiger partial charge on any atom is -0.478 e. The molecule has 0 aliphatic carbocycles. The third-order valence-electron chi connectivity index (χ3n) is 4.46. The summed E-state index contributed by atoms with van der Waals surface area (Å²) in [5.74, 6) is -2.00.